The quantitative estimate of drug-likeness (QED) is 0.433. The van der Waals surface area contributed by atoms with Crippen LogP contribution in [-0.2, 0) is 4.79 Å². The summed E-state index contributed by atoms with van der Waals surface area (Å²) in [5.41, 5.74) is 0.470. The summed E-state index contributed by atoms with van der Waals surface area (Å²) in [6.07, 6.45) is -4.58. The SMILES string of the molecule is O=C(NCC(F)(F)F)c1cc(NC(=O)C2C(c3cc(Cl)cc(Cl)c3)C2(Cl)Cl)ccc1Cl. The molecule has 2 unspecified atom stereocenters. The van der Waals surface area contributed by atoms with Gasteiger partial charge in [0.15, 0.2) is 0 Å². The summed E-state index contributed by atoms with van der Waals surface area (Å²) in [6, 6.07) is 8.53. The summed E-state index contributed by atoms with van der Waals surface area (Å²) in [7, 11) is 0. The standard InChI is InChI=1S/C19H12Cl5F3N2O2/c20-9-3-8(4-10(21)5-9)14-15(19(14,23)24)17(31)29-11-1-2-13(22)12(6-11)16(30)28-7-18(25,26)27/h1-6,14-15H,7H2,(H,28,30)(H,29,31). The first-order chi connectivity index (χ1) is 14.3. The topological polar surface area (TPSA) is 58.2 Å². The maximum Gasteiger partial charge on any atom is 0.405 e. The number of hydrogen-bond donors (Lipinski definition) is 2. The highest BCUT2D eigenvalue weighted by Gasteiger charge is 2.67. The second kappa shape index (κ2) is 8.87. The summed E-state index contributed by atoms with van der Waals surface area (Å²) in [6.45, 7) is -1.52. The van der Waals surface area contributed by atoms with Gasteiger partial charge < -0.3 is 10.6 Å². The van der Waals surface area contributed by atoms with Gasteiger partial charge in [0.1, 0.15) is 10.9 Å². The van der Waals surface area contributed by atoms with Crippen molar-refractivity contribution >= 4 is 75.5 Å². The number of rotatable bonds is 5. The Hall–Kier alpha value is -1.38. The molecule has 1 aliphatic rings. The van der Waals surface area contributed by atoms with Crippen LogP contribution < -0.4 is 10.6 Å². The number of amides is 2. The van der Waals surface area contributed by atoms with E-state index in [1.165, 1.54) is 18.2 Å². The van der Waals surface area contributed by atoms with Crippen molar-refractivity contribution in [1.82, 2.24) is 5.32 Å². The molecule has 31 heavy (non-hydrogen) atoms. The van der Waals surface area contributed by atoms with E-state index in [9.17, 15) is 22.8 Å². The van der Waals surface area contributed by atoms with Crippen LogP contribution in [0.25, 0.3) is 0 Å². The van der Waals surface area contributed by atoms with E-state index in [-0.39, 0.29) is 16.3 Å². The molecule has 0 saturated heterocycles. The normalized spacial score (nSPS) is 19.6. The number of halogens is 8. The molecule has 166 valence electrons. The predicted octanol–water partition coefficient (Wildman–Crippen LogP) is 6.46. The molecule has 1 aliphatic carbocycles. The maximum atomic E-state index is 12.7. The Balaban J connectivity index is 1.75. The summed E-state index contributed by atoms with van der Waals surface area (Å²) < 4.78 is 35.6. The molecular weight excluding hydrogens is 522 g/mol. The predicted molar refractivity (Wildman–Crippen MR) is 116 cm³/mol. The van der Waals surface area contributed by atoms with Gasteiger partial charge in [-0.15, -0.1) is 23.2 Å². The third kappa shape index (κ3) is 5.71. The van der Waals surface area contributed by atoms with Crippen molar-refractivity contribution in [1.29, 1.82) is 0 Å². The van der Waals surface area contributed by atoms with Crippen LogP contribution in [0.5, 0.6) is 0 Å². The highest BCUT2D eigenvalue weighted by atomic mass is 35.5. The lowest BCUT2D eigenvalue weighted by atomic mass is 10.1. The molecule has 0 spiro atoms. The number of carbonyl (C=O) groups is 2. The molecule has 0 aromatic heterocycles. The van der Waals surface area contributed by atoms with E-state index >= 15 is 0 Å². The Morgan fingerprint density at radius 3 is 2.19 bits per heavy atom. The molecule has 0 aliphatic heterocycles. The van der Waals surface area contributed by atoms with Gasteiger partial charge in [-0.2, -0.15) is 13.2 Å². The molecule has 0 radical (unpaired) electrons. The Kier molecular flexibility index (Phi) is 6.94. The smallest absolute Gasteiger partial charge is 0.343 e. The molecule has 2 amide bonds. The van der Waals surface area contributed by atoms with E-state index in [0.29, 0.717) is 15.6 Å². The molecule has 1 fully saturated rings. The van der Waals surface area contributed by atoms with Gasteiger partial charge in [0.05, 0.1) is 16.5 Å². The molecule has 12 heteroatoms. The summed E-state index contributed by atoms with van der Waals surface area (Å²) in [5.74, 6) is -3.05. The van der Waals surface area contributed by atoms with Crippen LogP contribution in [0.1, 0.15) is 21.8 Å². The third-order valence-electron chi connectivity index (χ3n) is 4.51. The van der Waals surface area contributed by atoms with E-state index in [2.05, 4.69) is 5.32 Å². The number of alkyl halides is 5. The van der Waals surface area contributed by atoms with Gasteiger partial charge in [-0.3, -0.25) is 9.59 Å². The van der Waals surface area contributed by atoms with E-state index in [1.54, 1.807) is 17.4 Å². The van der Waals surface area contributed by atoms with Crippen LogP contribution in [0.2, 0.25) is 15.1 Å². The van der Waals surface area contributed by atoms with Crippen LogP contribution in [0.15, 0.2) is 36.4 Å². The van der Waals surface area contributed by atoms with Gasteiger partial charge in [-0.25, -0.2) is 0 Å². The monoisotopic (exact) mass is 532 g/mol. The van der Waals surface area contributed by atoms with Crippen molar-refractivity contribution < 1.29 is 22.8 Å². The fourth-order valence-corrected chi connectivity index (χ4v) is 4.67. The number of anilines is 1. The Morgan fingerprint density at radius 1 is 1.00 bits per heavy atom. The zero-order chi connectivity index (χ0) is 23.1. The Bertz CT molecular complexity index is 1030. The molecule has 1 saturated carbocycles. The fraction of sp³-hybridized carbons (Fsp3) is 0.263. The minimum absolute atomic E-state index is 0.0837. The van der Waals surface area contributed by atoms with Crippen molar-refractivity contribution in [3.8, 4) is 0 Å². The summed E-state index contributed by atoms with van der Waals surface area (Å²) in [4.78, 5) is 24.8. The van der Waals surface area contributed by atoms with Crippen molar-refractivity contribution in [3.63, 3.8) is 0 Å². The fourth-order valence-electron chi connectivity index (χ4n) is 3.10. The number of hydrogen-bond acceptors (Lipinski definition) is 2. The second-order valence-electron chi connectivity index (χ2n) is 6.81. The maximum absolute atomic E-state index is 12.7. The molecule has 4 nitrogen and oxygen atoms in total. The molecule has 3 rings (SSSR count). The highest BCUT2D eigenvalue weighted by molar-refractivity contribution is 6.53. The number of benzene rings is 2. The second-order valence-corrected chi connectivity index (χ2v) is 9.54. The Labute approximate surface area is 199 Å². The minimum Gasteiger partial charge on any atom is -0.343 e. The van der Waals surface area contributed by atoms with Crippen LogP contribution in [0.3, 0.4) is 0 Å². The van der Waals surface area contributed by atoms with E-state index in [0.717, 1.165) is 6.07 Å². The van der Waals surface area contributed by atoms with Gasteiger partial charge in [0.25, 0.3) is 5.91 Å². The summed E-state index contributed by atoms with van der Waals surface area (Å²) in [5, 5.41) is 4.89. The molecule has 2 aromatic carbocycles. The number of carbonyl (C=O) groups excluding carboxylic acids is 2. The molecule has 0 bridgehead atoms. The van der Waals surface area contributed by atoms with E-state index in [4.69, 9.17) is 58.0 Å². The molecule has 0 heterocycles. The van der Waals surface area contributed by atoms with Crippen molar-refractivity contribution in [3.05, 3.63) is 62.6 Å². The lowest BCUT2D eigenvalue weighted by Crippen LogP contribution is -2.33. The van der Waals surface area contributed by atoms with Crippen molar-refractivity contribution in [2.75, 3.05) is 11.9 Å². The van der Waals surface area contributed by atoms with Gasteiger partial charge in [-0.1, -0.05) is 34.8 Å². The number of nitrogens with one attached hydrogen (secondary N) is 2. The van der Waals surface area contributed by atoms with Gasteiger partial charge in [0.2, 0.25) is 5.91 Å². The van der Waals surface area contributed by atoms with Crippen LogP contribution in [-0.4, -0.2) is 28.9 Å². The lowest BCUT2D eigenvalue weighted by molar-refractivity contribution is -0.123. The summed E-state index contributed by atoms with van der Waals surface area (Å²) >= 11 is 30.5. The average molecular weight is 535 g/mol. The largest absolute Gasteiger partial charge is 0.405 e. The molecular formula is C19H12Cl5F3N2O2. The molecule has 2 N–H and O–H groups in total. The third-order valence-corrected chi connectivity index (χ3v) is 6.21. The minimum atomic E-state index is -4.58. The first-order valence-electron chi connectivity index (χ1n) is 8.59. The van der Waals surface area contributed by atoms with Crippen LogP contribution >= 0.6 is 58.0 Å². The first-order valence-corrected chi connectivity index (χ1v) is 10.5. The zero-order valence-electron chi connectivity index (χ0n) is 15.2. The molecule has 2 aromatic rings. The lowest BCUT2D eigenvalue weighted by Gasteiger charge is -2.11. The van der Waals surface area contributed by atoms with Crippen LogP contribution in [0.4, 0.5) is 18.9 Å². The van der Waals surface area contributed by atoms with Gasteiger partial charge >= 0.3 is 6.18 Å². The van der Waals surface area contributed by atoms with Crippen LogP contribution in [0, 0.1) is 5.92 Å². The van der Waals surface area contributed by atoms with Gasteiger partial charge in [-0.05, 0) is 42.0 Å². The highest BCUT2D eigenvalue weighted by Crippen LogP contribution is 2.65. The van der Waals surface area contributed by atoms with E-state index in [1.807, 2.05) is 0 Å². The van der Waals surface area contributed by atoms with E-state index < -0.39 is 40.7 Å². The van der Waals surface area contributed by atoms with Crippen molar-refractivity contribution in [2.45, 2.75) is 16.4 Å². The van der Waals surface area contributed by atoms with Gasteiger partial charge in [0, 0.05) is 21.7 Å². The zero-order valence-corrected chi connectivity index (χ0v) is 18.9. The first kappa shape index (κ1) is 24.3. The Morgan fingerprint density at radius 2 is 1.61 bits per heavy atom. The molecule has 2 atom stereocenters. The van der Waals surface area contributed by atoms with Crippen molar-refractivity contribution in [2.24, 2.45) is 5.92 Å². The average Bonchev–Trinajstić information content (AvgIpc) is 3.22.